The zero-order valence-electron chi connectivity index (χ0n) is 8.90. The van der Waals surface area contributed by atoms with Gasteiger partial charge in [0, 0.05) is 30.1 Å². The van der Waals surface area contributed by atoms with E-state index in [4.69, 9.17) is 16.3 Å². The van der Waals surface area contributed by atoms with Crippen LogP contribution in [-0.2, 0) is 9.53 Å². The quantitative estimate of drug-likeness (QED) is 0.840. The van der Waals surface area contributed by atoms with Gasteiger partial charge in [-0.2, -0.15) is 0 Å². The van der Waals surface area contributed by atoms with Gasteiger partial charge in [-0.3, -0.25) is 4.79 Å². The molecule has 2 unspecified atom stereocenters. The average Bonchev–Trinajstić information content (AvgIpc) is 2.85. The van der Waals surface area contributed by atoms with Crippen LogP contribution >= 0.6 is 22.9 Å². The smallest absolute Gasteiger partial charge is 0.310 e. The summed E-state index contributed by atoms with van der Waals surface area (Å²) in [5.74, 6) is -0.109. The predicted molar refractivity (Wildman–Crippen MR) is 62.9 cm³/mol. The average molecular weight is 261 g/mol. The van der Waals surface area contributed by atoms with E-state index in [9.17, 15) is 4.79 Å². The van der Waals surface area contributed by atoms with Crippen molar-refractivity contribution >= 4 is 28.9 Å². The standard InChI is InChI=1S/C10H13ClN2O2S/c1-2-15-9(14)7-4-12-3-6(7)8-5-13-10(11)16-8/h5-7,12H,2-4H2,1H3. The number of esters is 1. The lowest BCUT2D eigenvalue weighted by molar-refractivity contribution is -0.147. The minimum Gasteiger partial charge on any atom is -0.466 e. The first-order chi connectivity index (χ1) is 7.72. The van der Waals surface area contributed by atoms with Crippen LogP contribution in [0.3, 0.4) is 0 Å². The Morgan fingerprint density at radius 1 is 1.75 bits per heavy atom. The normalized spacial score (nSPS) is 24.6. The Morgan fingerprint density at radius 3 is 3.19 bits per heavy atom. The van der Waals surface area contributed by atoms with Gasteiger partial charge in [-0.25, -0.2) is 4.98 Å². The SMILES string of the molecule is CCOC(=O)C1CNCC1c1cnc(Cl)s1. The zero-order chi connectivity index (χ0) is 11.5. The van der Waals surface area contributed by atoms with Crippen LogP contribution in [0, 0.1) is 5.92 Å². The number of nitrogens with zero attached hydrogens (tertiary/aromatic N) is 1. The third-order valence-electron chi connectivity index (χ3n) is 2.66. The van der Waals surface area contributed by atoms with Crippen LogP contribution in [0.25, 0.3) is 0 Å². The van der Waals surface area contributed by atoms with E-state index in [0.29, 0.717) is 17.6 Å². The van der Waals surface area contributed by atoms with Gasteiger partial charge < -0.3 is 10.1 Å². The van der Waals surface area contributed by atoms with Crippen molar-refractivity contribution in [2.75, 3.05) is 19.7 Å². The summed E-state index contributed by atoms with van der Waals surface area (Å²) in [7, 11) is 0. The van der Waals surface area contributed by atoms with Crippen molar-refractivity contribution < 1.29 is 9.53 Å². The van der Waals surface area contributed by atoms with Crippen LogP contribution in [0.15, 0.2) is 6.20 Å². The summed E-state index contributed by atoms with van der Waals surface area (Å²) in [5, 5.41) is 3.20. The molecule has 2 atom stereocenters. The topological polar surface area (TPSA) is 51.2 Å². The Kier molecular flexibility index (Phi) is 3.78. The maximum atomic E-state index is 11.7. The molecular weight excluding hydrogens is 248 g/mol. The molecule has 4 nitrogen and oxygen atoms in total. The van der Waals surface area contributed by atoms with Crippen LogP contribution in [0.1, 0.15) is 17.7 Å². The molecule has 1 aliphatic heterocycles. The summed E-state index contributed by atoms with van der Waals surface area (Å²) in [5.41, 5.74) is 0. The Morgan fingerprint density at radius 2 is 2.56 bits per heavy atom. The van der Waals surface area contributed by atoms with Crippen molar-refractivity contribution in [2.24, 2.45) is 5.92 Å². The summed E-state index contributed by atoms with van der Waals surface area (Å²) in [6, 6.07) is 0. The lowest BCUT2D eigenvalue weighted by Crippen LogP contribution is -2.23. The molecule has 2 rings (SSSR count). The molecule has 0 saturated carbocycles. The van der Waals surface area contributed by atoms with Crippen molar-refractivity contribution in [3.05, 3.63) is 15.5 Å². The second-order valence-corrected chi connectivity index (χ2v) is 5.28. The molecule has 0 bridgehead atoms. The first-order valence-corrected chi connectivity index (χ1v) is 6.40. The van der Waals surface area contributed by atoms with Crippen LogP contribution in [-0.4, -0.2) is 30.6 Å². The molecule has 88 valence electrons. The monoisotopic (exact) mass is 260 g/mol. The van der Waals surface area contributed by atoms with Crippen LogP contribution in [0.5, 0.6) is 0 Å². The minimum atomic E-state index is -0.137. The van der Waals surface area contributed by atoms with Crippen molar-refractivity contribution in [3.63, 3.8) is 0 Å². The van der Waals surface area contributed by atoms with Gasteiger partial charge in [0.25, 0.3) is 0 Å². The molecule has 6 heteroatoms. The minimum absolute atomic E-state index is 0.114. The molecular formula is C10H13ClN2O2S. The number of halogens is 1. The molecule has 0 amide bonds. The van der Waals surface area contributed by atoms with Crippen molar-refractivity contribution in [1.82, 2.24) is 10.3 Å². The number of carbonyl (C=O) groups is 1. The van der Waals surface area contributed by atoms with E-state index in [2.05, 4.69) is 10.3 Å². The molecule has 0 spiro atoms. The van der Waals surface area contributed by atoms with Gasteiger partial charge in [0.2, 0.25) is 0 Å². The lowest BCUT2D eigenvalue weighted by atomic mass is 9.95. The van der Waals surface area contributed by atoms with Gasteiger partial charge in [-0.05, 0) is 6.92 Å². The number of carbonyl (C=O) groups excluding carboxylic acids is 1. The van der Waals surface area contributed by atoms with Crippen LogP contribution in [0.2, 0.25) is 4.47 Å². The number of hydrogen-bond acceptors (Lipinski definition) is 5. The second-order valence-electron chi connectivity index (χ2n) is 3.64. The van der Waals surface area contributed by atoms with E-state index >= 15 is 0 Å². The van der Waals surface area contributed by atoms with E-state index in [-0.39, 0.29) is 17.8 Å². The third kappa shape index (κ3) is 2.36. The van der Waals surface area contributed by atoms with Crippen molar-refractivity contribution in [2.45, 2.75) is 12.8 Å². The first-order valence-electron chi connectivity index (χ1n) is 5.21. The highest BCUT2D eigenvalue weighted by Gasteiger charge is 2.36. The van der Waals surface area contributed by atoms with E-state index in [1.807, 2.05) is 6.92 Å². The second kappa shape index (κ2) is 5.12. The zero-order valence-corrected chi connectivity index (χ0v) is 10.5. The molecule has 2 heterocycles. The molecule has 1 aliphatic rings. The summed E-state index contributed by atoms with van der Waals surface area (Å²) in [6.45, 7) is 3.69. The fourth-order valence-electron chi connectivity index (χ4n) is 1.91. The van der Waals surface area contributed by atoms with Gasteiger partial charge in [-0.15, -0.1) is 11.3 Å². The molecule has 0 aliphatic carbocycles. The number of aromatic nitrogens is 1. The molecule has 16 heavy (non-hydrogen) atoms. The van der Waals surface area contributed by atoms with Gasteiger partial charge in [-0.1, -0.05) is 11.6 Å². The maximum absolute atomic E-state index is 11.7. The summed E-state index contributed by atoms with van der Waals surface area (Å²) in [4.78, 5) is 16.8. The first kappa shape index (κ1) is 11.8. The number of hydrogen-bond donors (Lipinski definition) is 1. The Bertz CT molecular complexity index is 383. The molecule has 0 radical (unpaired) electrons. The maximum Gasteiger partial charge on any atom is 0.310 e. The molecule has 1 N–H and O–H groups in total. The van der Waals surface area contributed by atoms with E-state index in [0.717, 1.165) is 11.4 Å². The fraction of sp³-hybridized carbons (Fsp3) is 0.600. The number of thiazole rings is 1. The van der Waals surface area contributed by atoms with Crippen molar-refractivity contribution in [1.29, 1.82) is 0 Å². The highest BCUT2D eigenvalue weighted by atomic mass is 35.5. The highest BCUT2D eigenvalue weighted by molar-refractivity contribution is 7.15. The van der Waals surface area contributed by atoms with Gasteiger partial charge in [0.05, 0.1) is 12.5 Å². The fourth-order valence-corrected chi connectivity index (χ4v) is 3.03. The number of ether oxygens (including phenoxy) is 1. The molecule has 1 fully saturated rings. The van der Waals surface area contributed by atoms with Gasteiger partial charge in [0.15, 0.2) is 4.47 Å². The molecule has 1 saturated heterocycles. The summed E-state index contributed by atoms with van der Waals surface area (Å²) < 4.78 is 5.57. The predicted octanol–water partition coefficient (Wildman–Crippen LogP) is 1.66. The molecule has 1 aromatic rings. The van der Waals surface area contributed by atoms with E-state index in [1.165, 1.54) is 11.3 Å². The Balaban J connectivity index is 2.11. The van der Waals surface area contributed by atoms with E-state index in [1.54, 1.807) is 6.20 Å². The van der Waals surface area contributed by atoms with Crippen molar-refractivity contribution in [3.8, 4) is 0 Å². The largest absolute Gasteiger partial charge is 0.466 e. The van der Waals surface area contributed by atoms with Crippen LogP contribution in [0.4, 0.5) is 0 Å². The van der Waals surface area contributed by atoms with Gasteiger partial charge in [0.1, 0.15) is 0 Å². The van der Waals surface area contributed by atoms with E-state index < -0.39 is 0 Å². The molecule has 1 aromatic heterocycles. The van der Waals surface area contributed by atoms with Gasteiger partial charge >= 0.3 is 5.97 Å². The summed E-state index contributed by atoms with van der Waals surface area (Å²) in [6.07, 6.45) is 1.75. The van der Waals surface area contributed by atoms with Crippen LogP contribution < -0.4 is 5.32 Å². The number of nitrogens with one attached hydrogen (secondary N) is 1. The third-order valence-corrected chi connectivity index (χ3v) is 3.91. The Hall–Kier alpha value is -0.650. The summed E-state index contributed by atoms with van der Waals surface area (Å²) >= 11 is 7.23. The number of rotatable bonds is 3. The molecule has 0 aromatic carbocycles. The Labute approximate surface area is 103 Å². The lowest BCUT2D eigenvalue weighted by Gasteiger charge is -2.14. The highest BCUT2D eigenvalue weighted by Crippen LogP contribution is 2.33.